The third kappa shape index (κ3) is 28.3. The van der Waals surface area contributed by atoms with Gasteiger partial charge in [0.25, 0.3) is 0 Å². The van der Waals surface area contributed by atoms with E-state index in [1.54, 1.807) is 0 Å². The van der Waals surface area contributed by atoms with Crippen LogP contribution in [0.1, 0.15) is 71.1 Å². The zero-order valence-electron chi connectivity index (χ0n) is 14.0. The zero-order chi connectivity index (χ0) is 12.3. The highest BCUT2D eigenvalue weighted by Crippen LogP contribution is 2.10. The van der Waals surface area contributed by atoms with Gasteiger partial charge >= 0.3 is 0 Å². The highest BCUT2D eigenvalue weighted by molar-refractivity contribution is 6.92. The molecule has 0 saturated carbocycles. The fourth-order valence-corrected chi connectivity index (χ4v) is 2.07. The first-order valence-electron chi connectivity index (χ1n) is 7.36. The fraction of sp³-hybridized carbons (Fsp3) is 1.00. The SMILES string of the molecule is CCCCCCCCCCCC[N+](C)(C)C.[Br-].[Br-].[PH4+]. The van der Waals surface area contributed by atoms with Crippen molar-refractivity contribution >= 4 is 9.90 Å². The van der Waals surface area contributed by atoms with E-state index in [0.717, 1.165) is 4.48 Å². The molecule has 0 aromatic carbocycles. The average molecular weight is 423 g/mol. The average Bonchev–Trinajstić information content (AvgIpc) is 2.19. The Morgan fingerprint density at radius 3 is 1.21 bits per heavy atom. The molecule has 0 aliphatic rings. The van der Waals surface area contributed by atoms with Gasteiger partial charge < -0.3 is 38.4 Å². The van der Waals surface area contributed by atoms with Crippen LogP contribution in [0, 0.1) is 0 Å². The van der Waals surface area contributed by atoms with Crippen molar-refractivity contribution in [3.63, 3.8) is 0 Å². The quantitative estimate of drug-likeness (QED) is 0.214. The van der Waals surface area contributed by atoms with Crippen LogP contribution in [0.2, 0.25) is 0 Å². The lowest BCUT2D eigenvalue weighted by Crippen LogP contribution is -3.00. The summed E-state index contributed by atoms with van der Waals surface area (Å²) < 4.78 is 1.12. The van der Waals surface area contributed by atoms with Crippen LogP contribution in [0.5, 0.6) is 0 Å². The summed E-state index contributed by atoms with van der Waals surface area (Å²) in [7, 11) is 6.86. The Balaban J connectivity index is -0.000000375. The van der Waals surface area contributed by atoms with Crippen molar-refractivity contribution in [2.75, 3.05) is 27.7 Å². The van der Waals surface area contributed by atoms with E-state index in [0.29, 0.717) is 0 Å². The van der Waals surface area contributed by atoms with Crippen LogP contribution >= 0.6 is 9.90 Å². The third-order valence-electron chi connectivity index (χ3n) is 3.18. The van der Waals surface area contributed by atoms with Gasteiger partial charge in [-0.05, 0) is 22.7 Å². The molecule has 0 spiro atoms. The van der Waals surface area contributed by atoms with Crippen LogP contribution in [0.25, 0.3) is 0 Å². The molecule has 1 atom stereocenters. The molecule has 1 unspecified atom stereocenters. The number of hydrogen-bond acceptors (Lipinski definition) is 0. The summed E-state index contributed by atoms with van der Waals surface area (Å²) >= 11 is 0. The van der Waals surface area contributed by atoms with Crippen molar-refractivity contribution in [1.29, 1.82) is 0 Å². The molecule has 0 radical (unpaired) electrons. The maximum Gasteiger partial charge on any atom is 0.0780 e. The number of unbranched alkanes of at least 4 members (excludes halogenated alkanes) is 9. The van der Waals surface area contributed by atoms with Crippen molar-refractivity contribution in [2.24, 2.45) is 0 Å². The molecule has 122 valence electrons. The van der Waals surface area contributed by atoms with Crippen LogP contribution < -0.4 is 34.0 Å². The molecule has 0 aromatic heterocycles. The van der Waals surface area contributed by atoms with Crippen LogP contribution in [0.15, 0.2) is 0 Å². The summed E-state index contributed by atoms with van der Waals surface area (Å²) in [4.78, 5) is 0. The standard InChI is InChI=1S/C15H34N.2BrH.H3P/c1-5-6-7-8-9-10-11-12-13-14-15-16(2,3)4;;;/h5-15H2,1-4H3;2*1H;1H3/q+1;;;/p-1. The van der Waals surface area contributed by atoms with Crippen molar-refractivity contribution in [3.8, 4) is 0 Å². The first-order chi connectivity index (χ1) is 7.56. The van der Waals surface area contributed by atoms with Gasteiger partial charge in [0.05, 0.1) is 27.7 Å². The molecule has 0 rings (SSSR count). The summed E-state index contributed by atoms with van der Waals surface area (Å²) in [6.45, 7) is 3.62. The van der Waals surface area contributed by atoms with Crippen molar-refractivity contribution in [3.05, 3.63) is 0 Å². The van der Waals surface area contributed by atoms with Gasteiger partial charge in [-0.25, -0.2) is 0 Å². The zero-order valence-corrected chi connectivity index (χ0v) is 19.2. The van der Waals surface area contributed by atoms with Crippen molar-refractivity contribution < 1.29 is 38.4 Å². The minimum Gasteiger partial charge on any atom is -1.00 e. The predicted molar refractivity (Wildman–Crippen MR) is 87.2 cm³/mol. The number of quaternary nitrogens is 1. The van der Waals surface area contributed by atoms with Gasteiger partial charge in [0.2, 0.25) is 0 Å². The molecule has 19 heavy (non-hydrogen) atoms. The minimum absolute atomic E-state index is 0. The molecule has 0 amide bonds. The largest absolute Gasteiger partial charge is 1.00 e. The van der Waals surface area contributed by atoms with Gasteiger partial charge in [-0.3, -0.25) is 0 Å². The Labute approximate surface area is 147 Å². The van der Waals surface area contributed by atoms with Crippen LogP contribution in [-0.2, 0) is 0 Å². The lowest BCUT2D eigenvalue weighted by atomic mass is 10.1. The molecular formula is C15H38Br2NP. The summed E-state index contributed by atoms with van der Waals surface area (Å²) in [5.41, 5.74) is 0. The number of halogens is 2. The van der Waals surface area contributed by atoms with Gasteiger partial charge in [0.1, 0.15) is 0 Å². The van der Waals surface area contributed by atoms with Gasteiger partial charge in [-0.1, -0.05) is 58.3 Å². The Morgan fingerprint density at radius 1 is 0.579 bits per heavy atom. The van der Waals surface area contributed by atoms with E-state index in [2.05, 4.69) is 28.1 Å². The second-order valence-electron chi connectivity index (χ2n) is 6.20. The molecule has 1 nitrogen and oxygen atoms in total. The highest BCUT2D eigenvalue weighted by atomic mass is 79.9. The van der Waals surface area contributed by atoms with Crippen molar-refractivity contribution in [2.45, 2.75) is 71.1 Å². The molecule has 0 N–H and O–H groups in total. The monoisotopic (exact) mass is 421 g/mol. The topological polar surface area (TPSA) is 0 Å². The molecule has 4 heteroatoms. The van der Waals surface area contributed by atoms with E-state index < -0.39 is 0 Å². The molecular weight excluding hydrogens is 385 g/mol. The lowest BCUT2D eigenvalue weighted by Gasteiger charge is -2.23. The summed E-state index contributed by atoms with van der Waals surface area (Å²) in [5, 5.41) is 0. The van der Waals surface area contributed by atoms with E-state index >= 15 is 0 Å². The normalized spacial score (nSPS) is 10.1. The maximum absolute atomic E-state index is 2.29. The van der Waals surface area contributed by atoms with Crippen LogP contribution in [0.4, 0.5) is 0 Å². The second-order valence-corrected chi connectivity index (χ2v) is 6.20. The second kappa shape index (κ2) is 19.4. The smallest absolute Gasteiger partial charge is 0.0780 e. The molecule has 0 aliphatic heterocycles. The molecule has 0 aromatic rings. The van der Waals surface area contributed by atoms with Gasteiger partial charge in [-0.2, -0.15) is 0 Å². The Hall–Kier alpha value is 1.35. The maximum atomic E-state index is 2.29. The summed E-state index contributed by atoms with van der Waals surface area (Å²) in [6, 6.07) is 0. The lowest BCUT2D eigenvalue weighted by molar-refractivity contribution is -0.870. The van der Waals surface area contributed by atoms with Crippen LogP contribution in [0.3, 0.4) is 0 Å². The van der Waals surface area contributed by atoms with E-state index in [-0.39, 0.29) is 43.9 Å². The molecule has 0 heterocycles. The van der Waals surface area contributed by atoms with E-state index in [4.69, 9.17) is 0 Å². The van der Waals surface area contributed by atoms with Gasteiger partial charge in [0, 0.05) is 0 Å². The number of rotatable bonds is 11. The predicted octanol–water partition coefficient (Wildman–Crippen LogP) is -1.59. The van der Waals surface area contributed by atoms with Gasteiger partial charge in [0.15, 0.2) is 0 Å². The minimum atomic E-state index is 0. The van der Waals surface area contributed by atoms with Gasteiger partial charge in [-0.15, -0.1) is 0 Å². The molecule has 0 bridgehead atoms. The van der Waals surface area contributed by atoms with Crippen molar-refractivity contribution in [1.82, 2.24) is 0 Å². The molecule has 0 fully saturated rings. The third-order valence-corrected chi connectivity index (χ3v) is 3.18. The summed E-state index contributed by atoms with van der Waals surface area (Å²) in [6.07, 6.45) is 14.4. The van der Waals surface area contributed by atoms with E-state index in [9.17, 15) is 0 Å². The summed E-state index contributed by atoms with van der Waals surface area (Å²) in [5.74, 6) is 0. The number of nitrogens with zero attached hydrogens (tertiary/aromatic N) is 1. The first kappa shape index (κ1) is 28.5. The molecule has 0 aliphatic carbocycles. The first-order valence-corrected chi connectivity index (χ1v) is 7.36. The Kier molecular flexibility index (Phi) is 29.0. The van der Waals surface area contributed by atoms with Crippen LogP contribution in [-0.4, -0.2) is 32.2 Å². The molecule has 0 saturated heterocycles. The highest BCUT2D eigenvalue weighted by Gasteiger charge is 2.04. The Morgan fingerprint density at radius 2 is 0.895 bits per heavy atom. The number of hydrogen-bond donors (Lipinski definition) is 0. The fourth-order valence-electron chi connectivity index (χ4n) is 2.07. The van der Waals surface area contributed by atoms with E-state index in [1.165, 1.54) is 70.8 Å². The Bertz CT molecular complexity index is 150. The van der Waals surface area contributed by atoms with E-state index in [1.807, 2.05) is 0 Å².